The highest BCUT2D eigenvalue weighted by Crippen LogP contribution is 1.99. The fourth-order valence-corrected chi connectivity index (χ4v) is 1.82. The van der Waals surface area contributed by atoms with E-state index in [1.807, 2.05) is 30.3 Å². The SMILES string of the molecule is O=C(Cc1ccccc1)NCC1CNCCO1. The first-order valence-corrected chi connectivity index (χ1v) is 5.97. The number of benzene rings is 1. The third kappa shape index (κ3) is 4.17. The van der Waals surface area contributed by atoms with Gasteiger partial charge in [0.05, 0.1) is 19.1 Å². The van der Waals surface area contributed by atoms with Gasteiger partial charge in [0.25, 0.3) is 0 Å². The van der Waals surface area contributed by atoms with Crippen LogP contribution in [0.3, 0.4) is 0 Å². The molecule has 17 heavy (non-hydrogen) atoms. The zero-order chi connectivity index (χ0) is 11.9. The molecule has 4 nitrogen and oxygen atoms in total. The molecule has 0 spiro atoms. The number of carbonyl (C=O) groups is 1. The van der Waals surface area contributed by atoms with Crippen LogP contribution in [0.15, 0.2) is 30.3 Å². The zero-order valence-corrected chi connectivity index (χ0v) is 9.82. The molecular formula is C13H18N2O2. The molecule has 0 bridgehead atoms. The maximum absolute atomic E-state index is 11.7. The van der Waals surface area contributed by atoms with Gasteiger partial charge in [-0.3, -0.25) is 4.79 Å². The highest BCUT2D eigenvalue weighted by Gasteiger charge is 2.14. The van der Waals surface area contributed by atoms with E-state index in [-0.39, 0.29) is 12.0 Å². The van der Waals surface area contributed by atoms with Crippen LogP contribution in [0.5, 0.6) is 0 Å². The molecule has 1 aliphatic heterocycles. The van der Waals surface area contributed by atoms with Gasteiger partial charge in [0.15, 0.2) is 0 Å². The molecule has 1 aliphatic rings. The smallest absolute Gasteiger partial charge is 0.224 e. The average molecular weight is 234 g/mol. The van der Waals surface area contributed by atoms with E-state index in [0.717, 1.165) is 25.3 Å². The molecule has 0 saturated carbocycles. The van der Waals surface area contributed by atoms with Crippen LogP contribution in [0.1, 0.15) is 5.56 Å². The Hall–Kier alpha value is -1.39. The molecule has 1 atom stereocenters. The molecular weight excluding hydrogens is 216 g/mol. The summed E-state index contributed by atoms with van der Waals surface area (Å²) in [6, 6.07) is 9.74. The quantitative estimate of drug-likeness (QED) is 0.789. The second kappa shape index (κ2) is 6.37. The first kappa shape index (κ1) is 12.1. The molecule has 0 aliphatic carbocycles. The third-order valence-electron chi connectivity index (χ3n) is 2.74. The van der Waals surface area contributed by atoms with Crippen molar-refractivity contribution < 1.29 is 9.53 Å². The van der Waals surface area contributed by atoms with Crippen molar-refractivity contribution in [1.29, 1.82) is 0 Å². The Kier molecular flexibility index (Phi) is 4.53. The Bertz CT molecular complexity index is 348. The number of morpholine rings is 1. The summed E-state index contributed by atoms with van der Waals surface area (Å²) in [6.45, 7) is 3.01. The molecule has 1 saturated heterocycles. The number of carbonyl (C=O) groups excluding carboxylic acids is 1. The van der Waals surface area contributed by atoms with E-state index >= 15 is 0 Å². The first-order valence-electron chi connectivity index (χ1n) is 5.97. The van der Waals surface area contributed by atoms with Gasteiger partial charge in [-0.1, -0.05) is 30.3 Å². The Morgan fingerprint density at radius 3 is 2.94 bits per heavy atom. The average Bonchev–Trinajstić information content (AvgIpc) is 2.39. The van der Waals surface area contributed by atoms with Gasteiger partial charge in [-0.25, -0.2) is 0 Å². The van der Waals surface area contributed by atoms with E-state index in [0.29, 0.717) is 13.0 Å². The van der Waals surface area contributed by atoms with Gasteiger partial charge in [0.1, 0.15) is 0 Å². The van der Waals surface area contributed by atoms with Gasteiger partial charge < -0.3 is 15.4 Å². The molecule has 0 radical (unpaired) electrons. The van der Waals surface area contributed by atoms with Crippen LogP contribution in [0.4, 0.5) is 0 Å². The summed E-state index contributed by atoms with van der Waals surface area (Å²) < 4.78 is 5.50. The Morgan fingerprint density at radius 1 is 1.41 bits per heavy atom. The Morgan fingerprint density at radius 2 is 2.24 bits per heavy atom. The van der Waals surface area contributed by atoms with E-state index in [4.69, 9.17) is 4.74 Å². The van der Waals surface area contributed by atoms with Gasteiger partial charge in [0.2, 0.25) is 5.91 Å². The minimum atomic E-state index is 0.0466. The van der Waals surface area contributed by atoms with Crippen molar-refractivity contribution in [2.75, 3.05) is 26.2 Å². The van der Waals surface area contributed by atoms with E-state index in [1.54, 1.807) is 0 Å². The van der Waals surface area contributed by atoms with E-state index < -0.39 is 0 Å². The van der Waals surface area contributed by atoms with E-state index in [1.165, 1.54) is 0 Å². The maximum Gasteiger partial charge on any atom is 0.224 e. The Balaban J connectivity index is 1.70. The van der Waals surface area contributed by atoms with Crippen molar-refractivity contribution in [3.8, 4) is 0 Å². The number of rotatable bonds is 4. The van der Waals surface area contributed by atoms with Crippen molar-refractivity contribution in [2.45, 2.75) is 12.5 Å². The van der Waals surface area contributed by atoms with Gasteiger partial charge in [-0.2, -0.15) is 0 Å². The third-order valence-corrected chi connectivity index (χ3v) is 2.74. The molecule has 4 heteroatoms. The maximum atomic E-state index is 11.7. The molecule has 1 aromatic rings. The molecule has 1 heterocycles. The summed E-state index contributed by atoms with van der Waals surface area (Å²) in [5.41, 5.74) is 1.03. The second-order valence-corrected chi connectivity index (χ2v) is 4.16. The number of ether oxygens (including phenoxy) is 1. The zero-order valence-electron chi connectivity index (χ0n) is 9.82. The predicted molar refractivity (Wildman–Crippen MR) is 65.8 cm³/mol. The summed E-state index contributed by atoms with van der Waals surface area (Å²) in [5.74, 6) is 0.0466. The molecule has 1 unspecified atom stereocenters. The summed E-state index contributed by atoms with van der Waals surface area (Å²) in [6.07, 6.45) is 0.532. The fraction of sp³-hybridized carbons (Fsp3) is 0.462. The molecule has 2 N–H and O–H groups in total. The largest absolute Gasteiger partial charge is 0.374 e. The number of nitrogens with one attached hydrogen (secondary N) is 2. The molecule has 92 valence electrons. The van der Waals surface area contributed by atoms with Crippen LogP contribution < -0.4 is 10.6 Å². The van der Waals surface area contributed by atoms with Crippen LogP contribution in [0.2, 0.25) is 0 Å². The molecule has 1 aromatic carbocycles. The van der Waals surface area contributed by atoms with Gasteiger partial charge in [0, 0.05) is 19.6 Å². The highest BCUT2D eigenvalue weighted by atomic mass is 16.5. The van der Waals surface area contributed by atoms with Gasteiger partial charge >= 0.3 is 0 Å². The fourth-order valence-electron chi connectivity index (χ4n) is 1.82. The topological polar surface area (TPSA) is 50.4 Å². The molecule has 1 fully saturated rings. The summed E-state index contributed by atoms with van der Waals surface area (Å²) in [4.78, 5) is 11.7. The van der Waals surface area contributed by atoms with Crippen molar-refractivity contribution in [1.82, 2.24) is 10.6 Å². The van der Waals surface area contributed by atoms with Crippen molar-refractivity contribution in [3.05, 3.63) is 35.9 Å². The Labute approximate surface area is 101 Å². The predicted octanol–water partition coefficient (Wildman–Crippen LogP) is 0.334. The van der Waals surface area contributed by atoms with Crippen LogP contribution in [0.25, 0.3) is 0 Å². The van der Waals surface area contributed by atoms with E-state index in [9.17, 15) is 4.79 Å². The highest BCUT2D eigenvalue weighted by molar-refractivity contribution is 5.78. The van der Waals surface area contributed by atoms with Crippen LogP contribution in [0, 0.1) is 0 Å². The van der Waals surface area contributed by atoms with Crippen LogP contribution in [-0.4, -0.2) is 38.3 Å². The van der Waals surface area contributed by atoms with Gasteiger partial charge in [-0.15, -0.1) is 0 Å². The number of amides is 1. The van der Waals surface area contributed by atoms with Gasteiger partial charge in [-0.05, 0) is 5.56 Å². The van der Waals surface area contributed by atoms with Crippen molar-refractivity contribution >= 4 is 5.91 Å². The lowest BCUT2D eigenvalue weighted by Crippen LogP contribution is -2.45. The second-order valence-electron chi connectivity index (χ2n) is 4.16. The standard InChI is InChI=1S/C13H18N2O2/c16-13(8-11-4-2-1-3-5-11)15-10-12-9-14-6-7-17-12/h1-5,12,14H,6-10H2,(H,15,16). The summed E-state index contributed by atoms with van der Waals surface area (Å²) in [7, 11) is 0. The summed E-state index contributed by atoms with van der Waals surface area (Å²) >= 11 is 0. The van der Waals surface area contributed by atoms with Crippen molar-refractivity contribution in [2.24, 2.45) is 0 Å². The molecule has 1 amide bonds. The summed E-state index contributed by atoms with van der Waals surface area (Å²) in [5, 5.41) is 6.13. The molecule has 2 rings (SSSR count). The monoisotopic (exact) mass is 234 g/mol. The number of hydrogen-bond donors (Lipinski definition) is 2. The van der Waals surface area contributed by atoms with Crippen molar-refractivity contribution in [3.63, 3.8) is 0 Å². The minimum absolute atomic E-state index is 0.0466. The first-order chi connectivity index (χ1) is 8.34. The van der Waals surface area contributed by atoms with E-state index in [2.05, 4.69) is 10.6 Å². The van der Waals surface area contributed by atoms with Crippen LogP contribution >= 0.6 is 0 Å². The normalized spacial score (nSPS) is 19.9. The lowest BCUT2D eigenvalue weighted by molar-refractivity contribution is -0.121. The molecule has 0 aromatic heterocycles. The van der Waals surface area contributed by atoms with Crippen LogP contribution in [-0.2, 0) is 16.0 Å². The lowest BCUT2D eigenvalue weighted by atomic mass is 10.1. The lowest BCUT2D eigenvalue weighted by Gasteiger charge is -2.23. The minimum Gasteiger partial charge on any atom is -0.374 e. The number of hydrogen-bond acceptors (Lipinski definition) is 3.